The minimum Gasteiger partial charge on any atom is -0.387 e. The Morgan fingerprint density at radius 1 is 1.44 bits per heavy atom. The number of hydrogen-bond acceptors (Lipinski definition) is 2. The zero-order valence-electron chi connectivity index (χ0n) is 5.91. The van der Waals surface area contributed by atoms with E-state index in [4.69, 9.17) is 5.11 Å². The van der Waals surface area contributed by atoms with Crippen LogP contribution in [0.4, 0.5) is 0 Å². The number of rotatable bonds is 0. The minimum atomic E-state index is -0.319. The fourth-order valence-electron chi connectivity index (χ4n) is 1.40. The van der Waals surface area contributed by atoms with E-state index in [9.17, 15) is 5.21 Å². The number of quaternary nitrogens is 1. The van der Waals surface area contributed by atoms with Gasteiger partial charge in [0.25, 0.3) is 0 Å². The van der Waals surface area contributed by atoms with E-state index in [0.717, 1.165) is 0 Å². The summed E-state index contributed by atoms with van der Waals surface area (Å²) < 4.78 is -0.0255. The van der Waals surface area contributed by atoms with Crippen molar-refractivity contribution >= 4 is 0 Å². The van der Waals surface area contributed by atoms with Crippen LogP contribution in [-0.4, -0.2) is 41.2 Å². The smallest absolute Gasteiger partial charge is 0.135 e. The molecule has 1 rings (SSSR count). The van der Waals surface area contributed by atoms with Crippen LogP contribution in [0.25, 0.3) is 0 Å². The molecule has 1 heterocycles. The molecule has 54 valence electrons. The van der Waals surface area contributed by atoms with Crippen molar-refractivity contribution in [2.45, 2.75) is 13.0 Å². The summed E-state index contributed by atoms with van der Waals surface area (Å²) in [5.41, 5.74) is 0. The molecule has 2 N–H and O–H groups in total. The Hall–Kier alpha value is -0.120. The van der Waals surface area contributed by atoms with Crippen molar-refractivity contribution in [3.05, 3.63) is 0 Å². The highest BCUT2D eigenvalue weighted by Gasteiger charge is 2.38. The SMILES string of the molecule is CC1C[N+](C)(O)C[C@@H]1O. The number of hydroxylamine groups is 3. The summed E-state index contributed by atoms with van der Waals surface area (Å²) in [4.78, 5) is 0. The van der Waals surface area contributed by atoms with Crippen LogP contribution in [-0.2, 0) is 0 Å². The highest BCUT2D eigenvalue weighted by Crippen LogP contribution is 2.19. The lowest BCUT2D eigenvalue weighted by molar-refractivity contribution is -1.08. The summed E-state index contributed by atoms with van der Waals surface area (Å²) in [5, 5.41) is 18.5. The van der Waals surface area contributed by atoms with Crippen LogP contribution in [0.1, 0.15) is 6.92 Å². The zero-order chi connectivity index (χ0) is 7.07. The summed E-state index contributed by atoms with van der Waals surface area (Å²) in [7, 11) is 1.72. The minimum absolute atomic E-state index is 0.0255. The van der Waals surface area contributed by atoms with E-state index >= 15 is 0 Å². The number of hydrogen-bond donors (Lipinski definition) is 2. The summed E-state index contributed by atoms with van der Waals surface area (Å²) in [6.07, 6.45) is -0.319. The van der Waals surface area contributed by atoms with Crippen LogP contribution < -0.4 is 0 Å². The van der Waals surface area contributed by atoms with Gasteiger partial charge in [0.05, 0.1) is 7.05 Å². The van der Waals surface area contributed by atoms with Crippen molar-refractivity contribution in [1.82, 2.24) is 0 Å². The van der Waals surface area contributed by atoms with Crippen molar-refractivity contribution in [3.8, 4) is 0 Å². The summed E-state index contributed by atoms with van der Waals surface area (Å²) in [5.74, 6) is 0.236. The van der Waals surface area contributed by atoms with Gasteiger partial charge < -0.3 is 5.11 Å². The lowest BCUT2D eigenvalue weighted by atomic mass is 10.1. The molecule has 0 aromatic rings. The molecule has 0 amide bonds. The topological polar surface area (TPSA) is 40.5 Å². The van der Waals surface area contributed by atoms with Gasteiger partial charge in [-0.25, -0.2) is 5.21 Å². The first-order valence-corrected chi connectivity index (χ1v) is 3.27. The molecule has 9 heavy (non-hydrogen) atoms. The van der Waals surface area contributed by atoms with Crippen LogP contribution >= 0.6 is 0 Å². The van der Waals surface area contributed by atoms with Gasteiger partial charge in [0.15, 0.2) is 0 Å². The molecule has 3 heteroatoms. The lowest BCUT2D eigenvalue weighted by Crippen LogP contribution is -2.38. The average Bonchev–Trinajstić information content (AvgIpc) is 1.79. The first-order valence-electron chi connectivity index (χ1n) is 3.27. The Kier molecular flexibility index (Phi) is 1.50. The third-order valence-corrected chi connectivity index (χ3v) is 1.92. The average molecular weight is 132 g/mol. The first kappa shape index (κ1) is 6.99. The number of likely N-dealkylation sites (tertiary alicyclic amines) is 1. The van der Waals surface area contributed by atoms with Crippen molar-refractivity contribution in [2.24, 2.45) is 5.92 Å². The zero-order valence-corrected chi connectivity index (χ0v) is 5.91. The van der Waals surface area contributed by atoms with E-state index in [-0.39, 0.29) is 16.7 Å². The van der Waals surface area contributed by atoms with E-state index in [1.807, 2.05) is 6.92 Å². The van der Waals surface area contributed by atoms with Crippen LogP contribution in [0.3, 0.4) is 0 Å². The largest absolute Gasteiger partial charge is 0.387 e. The highest BCUT2D eigenvalue weighted by molar-refractivity contribution is 4.68. The summed E-state index contributed by atoms with van der Waals surface area (Å²) in [6.45, 7) is 3.09. The monoisotopic (exact) mass is 132 g/mol. The standard InChI is InChI=1S/C6H14NO2/c1-5-3-7(2,9)4-6(5)8/h5-6,8-9H,3-4H2,1-2H3/q+1/t5?,6-,7?/m0/s1. The molecular formula is C6H14NO2+. The van der Waals surface area contributed by atoms with Gasteiger partial charge in [-0.2, -0.15) is 4.65 Å². The molecule has 0 aromatic carbocycles. The van der Waals surface area contributed by atoms with E-state index in [0.29, 0.717) is 13.1 Å². The molecule has 0 spiro atoms. The Morgan fingerprint density at radius 3 is 2.11 bits per heavy atom. The molecule has 0 radical (unpaired) electrons. The van der Waals surface area contributed by atoms with Gasteiger partial charge in [-0.05, 0) is 0 Å². The second kappa shape index (κ2) is 1.94. The third kappa shape index (κ3) is 1.41. The molecule has 1 aliphatic rings. The van der Waals surface area contributed by atoms with Crippen molar-refractivity contribution in [2.75, 3.05) is 20.1 Å². The summed E-state index contributed by atoms with van der Waals surface area (Å²) >= 11 is 0. The molecular weight excluding hydrogens is 118 g/mol. The molecule has 3 nitrogen and oxygen atoms in total. The van der Waals surface area contributed by atoms with Crippen LogP contribution in [0.2, 0.25) is 0 Å². The maximum absolute atomic E-state index is 9.31. The van der Waals surface area contributed by atoms with Crippen LogP contribution in [0.15, 0.2) is 0 Å². The normalized spacial score (nSPS) is 52.0. The molecule has 2 unspecified atom stereocenters. The van der Waals surface area contributed by atoms with Crippen LogP contribution in [0.5, 0.6) is 0 Å². The fraction of sp³-hybridized carbons (Fsp3) is 1.00. The molecule has 3 atom stereocenters. The second-order valence-electron chi connectivity index (χ2n) is 3.25. The van der Waals surface area contributed by atoms with Gasteiger partial charge in [-0.3, -0.25) is 0 Å². The highest BCUT2D eigenvalue weighted by atomic mass is 16.5. The fourth-order valence-corrected chi connectivity index (χ4v) is 1.40. The van der Waals surface area contributed by atoms with E-state index in [1.54, 1.807) is 7.05 Å². The van der Waals surface area contributed by atoms with Gasteiger partial charge in [0.2, 0.25) is 0 Å². The van der Waals surface area contributed by atoms with E-state index < -0.39 is 0 Å². The lowest BCUT2D eigenvalue weighted by Gasteiger charge is -2.17. The Balaban J connectivity index is 2.54. The molecule has 0 aromatic heterocycles. The predicted octanol–water partition coefficient (Wildman–Crippen LogP) is -0.167. The number of likely N-dealkylation sites (N-methyl/N-ethyl adjacent to an activating group) is 1. The van der Waals surface area contributed by atoms with E-state index in [2.05, 4.69) is 0 Å². The molecule has 1 fully saturated rings. The Labute approximate surface area is 55.1 Å². The third-order valence-electron chi connectivity index (χ3n) is 1.92. The van der Waals surface area contributed by atoms with E-state index in [1.165, 1.54) is 0 Å². The van der Waals surface area contributed by atoms with Crippen LogP contribution in [0, 0.1) is 5.92 Å². The number of nitrogens with zero attached hydrogens (tertiary/aromatic N) is 1. The van der Waals surface area contributed by atoms with Gasteiger partial charge >= 0.3 is 0 Å². The quantitative estimate of drug-likeness (QED) is 0.449. The molecule has 1 saturated heterocycles. The molecule has 1 aliphatic heterocycles. The maximum Gasteiger partial charge on any atom is 0.135 e. The molecule has 0 bridgehead atoms. The second-order valence-corrected chi connectivity index (χ2v) is 3.25. The maximum atomic E-state index is 9.31. The molecule has 0 saturated carbocycles. The van der Waals surface area contributed by atoms with Gasteiger partial charge in [-0.1, -0.05) is 6.92 Å². The van der Waals surface area contributed by atoms with Gasteiger partial charge in [0.1, 0.15) is 19.2 Å². The first-order chi connectivity index (χ1) is 4.01. The van der Waals surface area contributed by atoms with Gasteiger partial charge in [0, 0.05) is 5.92 Å². The Bertz CT molecular complexity index is 102. The van der Waals surface area contributed by atoms with Crippen molar-refractivity contribution in [1.29, 1.82) is 0 Å². The molecule has 0 aliphatic carbocycles. The number of aliphatic hydroxyl groups is 1. The van der Waals surface area contributed by atoms with Crippen molar-refractivity contribution in [3.63, 3.8) is 0 Å². The predicted molar refractivity (Wildman–Crippen MR) is 32.9 cm³/mol. The van der Waals surface area contributed by atoms with Crippen molar-refractivity contribution < 1.29 is 15.0 Å². The summed E-state index contributed by atoms with van der Waals surface area (Å²) in [6, 6.07) is 0. The number of aliphatic hydroxyl groups excluding tert-OH is 1. The van der Waals surface area contributed by atoms with Gasteiger partial charge in [-0.15, -0.1) is 0 Å². The Morgan fingerprint density at radius 2 is 2.00 bits per heavy atom.